The van der Waals surface area contributed by atoms with Crippen LogP contribution in [0.5, 0.6) is 0 Å². The average Bonchev–Trinajstić information content (AvgIpc) is 3.26. The maximum Gasteiger partial charge on any atom is 0.317 e. The van der Waals surface area contributed by atoms with E-state index in [1.807, 2.05) is 4.90 Å². The Kier molecular flexibility index (Phi) is 5.44. The molecule has 3 fully saturated rings. The number of carbonyl (C=O) groups is 2. The van der Waals surface area contributed by atoms with E-state index in [-0.39, 0.29) is 6.03 Å². The van der Waals surface area contributed by atoms with Gasteiger partial charge in [0.2, 0.25) is 5.91 Å². The first-order chi connectivity index (χ1) is 11.2. The van der Waals surface area contributed by atoms with Crippen molar-refractivity contribution in [2.75, 3.05) is 33.2 Å². The molecule has 0 aromatic rings. The van der Waals surface area contributed by atoms with Gasteiger partial charge in [-0.2, -0.15) is 0 Å². The van der Waals surface area contributed by atoms with Crippen LogP contribution in [0.4, 0.5) is 4.79 Å². The fourth-order valence-corrected chi connectivity index (χ4v) is 4.72. The minimum Gasteiger partial charge on any atom is -0.342 e. The maximum atomic E-state index is 12.5. The average molecular weight is 321 g/mol. The van der Waals surface area contributed by atoms with Gasteiger partial charge >= 0.3 is 6.03 Å². The summed E-state index contributed by atoms with van der Waals surface area (Å²) in [5, 5.41) is 2.71. The molecule has 1 N–H and O–H groups in total. The molecule has 1 atom stereocenters. The Morgan fingerprint density at radius 1 is 0.913 bits per heavy atom. The lowest BCUT2D eigenvalue weighted by Gasteiger charge is -2.34. The molecule has 2 saturated heterocycles. The number of rotatable bonds is 3. The summed E-state index contributed by atoms with van der Waals surface area (Å²) in [4.78, 5) is 28.2. The van der Waals surface area contributed by atoms with Gasteiger partial charge in [0.05, 0.1) is 0 Å². The highest BCUT2D eigenvalue weighted by molar-refractivity contribution is 5.76. The zero-order chi connectivity index (χ0) is 16.2. The van der Waals surface area contributed by atoms with Crippen LogP contribution in [0.3, 0.4) is 0 Å². The van der Waals surface area contributed by atoms with Crippen molar-refractivity contribution in [2.24, 2.45) is 17.8 Å². The number of hydrogen-bond donors (Lipinski definition) is 1. The number of nitrogens with one attached hydrogen (secondary N) is 1. The topological polar surface area (TPSA) is 52.7 Å². The minimum atomic E-state index is 0.0447. The maximum absolute atomic E-state index is 12.5. The van der Waals surface area contributed by atoms with E-state index < -0.39 is 0 Å². The van der Waals surface area contributed by atoms with Gasteiger partial charge in [-0.25, -0.2) is 4.79 Å². The Balaban J connectivity index is 1.43. The van der Waals surface area contributed by atoms with Crippen LogP contribution in [0, 0.1) is 17.8 Å². The van der Waals surface area contributed by atoms with Gasteiger partial charge in [-0.05, 0) is 49.9 Å². The number of hydrogen-bond acceptors (Lipinski definition) is 2. The molecule has 3 aliphatic rings. The van der Waals surface area contributed by atoms with Gasteiger partial charge in [0, 0.05) is 39.6 Å². The van der Waals surface area contributed by atoms with E-state index in [1.54, 1.807) is 7.05 Å². The molecule has 2 heterocycles. The Labute approximate surface area is 139 Å². The molecular formula is C18H31N3O2. The Bertz CT molecular complexity index is 426. The quantitative estimate of drug-likeness (QED) is 0.868. The normalized spacial score (nSPS) is 26.7. The van der Waals surface area contributed by atoms with Gasteiger partial charge in [0.25, 0.3) is 0 Å². The summed E-state index contributed by atoms with van der Waals surface area (Å²) in [6.07, 6.45) is 9.23. The van der Waals surface area contributed by atoms with Crippen molar-refractivity contribution in [1.82, 2.24) is 15.1 Å². The van der Waals surface area contributed by atoms with Crippen molar-refractivity contribution in [2.45, 2.75) is 51.4 Å². The molecule has 23 heavy (non-hydrogen) atoms. The zero-order valence-electron chi connectivity index (χ0n) is 14.4. The van der Waals surface area contributed by atoms with E-state index in [1.165, 1.54) is 25.7 Å². The molecule has 3 amide bonds. The first kappa shape index (κ1) is 16.6. The monoisotopic (exact) mass is 321 g/mol. The Hall–Kier alpha value is -1.26. The van der Waals surface area contributed by atoms with E-state index in [4.69, 9.17) is 0 Å². The van der Waals surface area contributed by atoms with Gasteiger partial charge in [0.1, 0.15) is 0 Å². The van der Waals surface area contributed by atoms with Gasteiger partial charge in [-0.1, -0.05) is 12.8 Å². The van der Waals surface area contributed by atoms with Gasteiger partial charge in [-0.3, -0.25) is 4.79 Å². The predicted molar refractivity (Wildman–Crippen MR) is 90.0 cm³/mol. The third kappa shape index (κ3) is 3.99. The van der Waals surface area contributed by atoms with Gasteiger partial charge < -0.3 is 15.1 Å². The van der Waals surface area contributed by atoms with Crippen LogP contribution in [-0.4, -0.2) is 55.0 Å². The van der Waals surface area contributed by atoms with Crippen LogP contribution < -0.4 is 5.32 Å². The molecule has 1 unspecified atom stereocenters. The summed E-state index contributed by atoms with van der Waals surface area (Å²) in [6, 6.07) is 0.0447. The Morgan fingerprint density at radius 3 is 2.17 bits per heavy atom. The first-order valence-corrected chi connectivity index (χ1v) is 9.41. The summed E-state index contributed by atoms with van der Waals surface area (Å²) >= 11 is 0. The van der Waals surface area contributed by atoms with E-state index in [0.717, 1.165) is 51.9 Å². The molecule has 0 aromatic carbocycles. The summed E-state index contributed by atoms with van der Waals surface area (Å²) in [7, 11) is 1.69. The minimum absolute atomic E-state index is 0.0447. The van der Waals surface area contributed by atoms with Crippen LogP contribution >= 0.6 is 0 Å². The van der Waals surface area contributed by atoms with Crippen LogP contribution in [0.2, 0.25) is 0 Å². The van der Waals surface area contributed by atoms with Crippen molar-refractivity contribution in [3.05, 3.63) is 0 Å². The molecule has 1 saturated carbocycles. The third-order valence-electron chi connectivity index (χ3n) is 6.22. The summed E-state index contributed by atoms with van der Waals surface area (Å²) in [6.45, 7) is 3.62. The van der Waals surface area contributed by atoms with Crippen LogP contribution in [-0.2, 0) is 4.79 Å². The number of piperidine rings is 1. The highest BCUT2D eigenvalue weighted by Gasteiger charge is 2.34. The van der Waals surface area contributed by atoms with Crippen LogP contribution in [0.15, 0.2) is 0 Å². The molecule has 5 heteroatoms. The molecule has 2 aliphatic heterocycles. The summed E-state index contributed by atoms with van der Waals surface area (Å²) in [5.74, 6) is 2.37. The van der Waals surface area contributed by atoms with Crippen molar-refractivity contribution >= 4 is 11.9 Å². The third-order valence-corrected chi connectivity index (χ3v) is 6.22. The van der Waals surface area contributed by atoms with E-state index >= 15 is 0 Å². The molecule has 1 aliphatic carbocycles. The van der Waals surface area contributed by atoms with Crippen molar-refractivity contribution in [1.29, 1.82) is 0 Å². The second-order valence-corrected chi connectivity index (χ2v) is 7.62. The molecule has 5 nitrogen and oxygen atoms in total. The standard InChI is InChI=1S/C18H31N3O2/c1-19-18(23)20-9-6-15(7-10-20)16-8-11-21(13-16)17(22)12-14-4-2-3-5-14/h14-16H,2-13H2,1H3,(H,19,23). The fourth-order valence-electron chi connectivity index (χ4n) is 4.72. The smallest absolute Gasteiger partial charge is 0.317 e. The number of likely N-dealkylation sites (tertiary alicyclic amines) is 2. The number of carbonyl (C=O) groups excluding carboxylic acids is 2. The Morgan fingerprint density at radius 2 is 1.52 bits per heavy atom. The molecule has 0 radical (unpaired) electrons. The van der Waals surface area contributed by atoms with E-state index in [2.05, 4.69) is 10.2 Å². The molecule has 0 spiro atoms. The predicted octanol–water partition coefficient (Wildman–Crippen LogP) is 2.47. The lowest BCUT2D eigenvalue weighted by atomic mass is 9.84. The number of amides is 3. The molecular weight excluding hydrogens is 290 g/mol. The van der Waals surface area contributed by atoms with Crippen LogP contribution in [0.25, 0.3) is 0 Å². The highest BCUT2D eigenvalue weighted by Crippen LogP contribution is 2.33. The van der Waals surface area contributed by atoms with Gasteiger partial charge in [-0.15, -0.1) is 0 Å². The van der Waals surface area contributed by atoms with Crippen molar-refractivity contribution in [3.8, 4) is 0 Å². The van der Waals surface area contributed by atoms with Crippen molar-refractivity contribution in [3.63, 3.8) is 0 Å². The highest BCUT2D eigenvalue weighted by atomic mass is 16.2. The first-order valence-electron chi connectivity index (χ1n) is 9.41. The van der Waals surface area contributed by atoms with Gasteiger partial charge in [0.15, 0.2) is 0 Å². The molecule has 0 aromatic heterocycles. The van der Waals surface area contributed by atoms with Crippen molar-refractivity contribution < 1.29 is 9.59 Å². The SMILES string of the molecule is CNC(=O)N1CCC(C2CCN(C(=O)CC3CCCC3)C2)CC1. The molecule has 0 bridgehead atoms. The molecule has 130 valence electrons. The van der Waals surface area contributed by atoms with E-state index in [0.29, 0.717) is 23.7 Å². The van der Waals surface area contributed by atoms with Crippen LogP contribution in [0.1, 0.15) is 51.4 Å². The molecule has 3 rings (SSSR count). The van der Waals surface area contributed by atoms with E-state index in [9.17, 15) is 9.59 Å². The summed E-state index contributed by atoms with van der Waals surface area (Å²) < 4.78 is 0. The summed E-state index contributed by atoms with van der Waals surface area (Å²) in [5.41, 5.74) is 0. The largest absolute Gasteiger partial charge is 0.342 e. The zero-order valence-corrected chi connectivity index (χ0v) is 14.4. The second kappa shape index (κ2) is 7.54. The second-order valence-electron chi connectivity index (χ2n) is 7.62. The fraction of sp³-hybridized carbons (Fsp3) is 0.889. The lowest BCUT2D eigenvalue weighted by molar-refractivity contribution is -0.131. The number of urea groups is 1. The lowest BCUT2D eigenvalue weighted by Crippen LogP contribution is -2.44. The number of nitrogens with zero attached hydrogens (tertiary/aromatic N) is 2.